The minimum absolute atomic E-state index is 0.0235. The third-order valence-electron chi connectivity index (χ3n) is 4.08. The third-order valence-corrected chi connectivity index (χ3v) is 4.08. The number of piperidine rings is 1. The summed E-state index contributed by atoms with van der Waals surface area (Å²) >= 11 is 0. The van der Waals surface area contributed by atoms with Crippen molar-refractivity contribution in [3.8, 4) is 0 Å². The zero-order valence-electron chi connectivity index (χ0n) is 12.9. The fourth-order valence-electron chi connectivity index (χ4n) is 2.74. The lowest BCUT2D eigenvalue weighted by Gasteiger charge is -2.26. The first kappa shape index (κ1) is 16.6. The minimum atomic E-state index is -0.452. The molecule has 0 spiro atoms. The molecule has 1 aliphatic rings. The fourth-order valence-corrected chi connectivity index (χ4v) is 2.74. The molecule has 1 fully saturated rings. The number of hydrogen-bond donors (Lipinski definition) is 0. The number of non-ortho nitro benzene ring substituents is 1. The Morgan fingerprint density at radius 1 is 1.09 bits per heavy atom. The first-order valence-corrected chi connectivity index (χ1v) is 7.98. The standard InChI is InChI=1S/C17H23N2O3/c20-17(15-8-10-16(11-9-15)19(21)22)7-3-1-4-12-18-13-5-2-6-14-18/h2,8-11H,1,3-7,12-14H2. The predicted octanol–water partition coefficient (Wildman–Crippen LogP) is 3.64. The largest absolute Gasteiger partial charge is 0.303 e. The van der Waals surface area contributed by atoms with E-state index in [1.165, 1.54) is 38.1 Å². The maximum Gasteiger partial charge on any atom is 0.269 e. The van der Waals surface area contributed by atoms with Crippen molar-refractivity contribution in [2.45, 2.75) is 38.5 Å². The van der Waals surface area contributed by atoms with E-state index in [0.29, 0.717) is 12.0 Å². The molecule has 22 heavy (non-hydrogen) atoms. The molecule has 1 aromatic rings. The summed E-state index contributed by atoms with van der Waals surface area (Å²) in [5.41, 5.74) is 0.590. The highest BCUT2D eigenvalue weighted by atomic mass is 16.6. The lowest BCUT2D eigenvalue weighted by Crippen LogP contribution is -2.30. The van der Waals surface area contributed by atoms with Crippen LogP contribution >= 0.6 is 0 Å². The molecule has 119 valence electrons. The van der Waals surface area contributed by atoms with Gasteiger partial charge in [-0.05, 0) is 63.9 Å². The topological polar surface area (TPSA) is 63.5 Å². The SMILES string of the molecule is O=C(CCCCCN1CC[CH]CC1)c1ccc([N+](=O)[O-])cc1. The molecule has 0 saturated carbocycles. The summed E-state index contributed by atoms with van der Waals surface area (Å²) in [5.74, 6) is 0.0717. The Morgan fingerprint density at radius 2 is 1.77 bits per heavy atom. The van der Waals surface area contributed by atoms with Crippen LogP contribution in [0.1, 0.15) is 48.9 Å². The quantitative estimate of drug-likeness (QED) is 0.318. The van der Waals surface area contributed by atoms with E-state index in [-0.39, 0.29) is 11.5 Å². The number of carbonyl (C=O) groups is 1. The van der Waals surface area contributed by atoms with Crippen LogP contribution in [0, 0.1) is 16.5 Å². The number of unbranched alkanes of at least 4 members (excludes halogenated alkanes) is 2. The van der Waals surface area contributed by atoms with Crippen LogP contribution in [0.25, 0.3) is 0 Å². The molecule has 0 amide bonds. The molecule has 0 aliphatic carbocycles. The average Bonchev–Trinajstić information content (AvgIpc) is 2.55. The van der Waals surface area contributed by atoms with Gasteiger partial charge in [-0.2, -0.15) is 0 Å². The molecular weight excluding hydrogens is 280 g/mol. The summed E-state index contributed by atoms with van der Waals surface area (Å²) in [4.78, 5) is 24.6. The van der Waals surface area contributed by atoms with Crippen LogP contribution in [0.4, 0.5) is 5.69 Å². The number of ketones is 1. The van der Waals surface area contributed by atoms with Gasteiger partial charge in [-0.3, -0.25) is 14.9 Å². The second-order valence-electron chi connectivity index (χ2n) is 5.75. The third kappa shape index (κ3) is 5.22. The molecule has 0 bridgehead atoms. The Balaban J connectivity index is 1.63. The number of likely N-dealkylation sites (tertiary alicyclic amines) is 1. The first-order valence-electron chi connectivity index (χ1n) is 7.98. The summed E-state index contributed by atoms with van der Waals surface area (Å²) in [5, 5.41) is 10.6. The Morgan fingerprint density at radius 3 is 2.41 bits per heavy atom. The minimum Gasteiger partial charge on any atom is -0.303 e. The van der Waals surface area contributed by atoms with Gasteiger partial charge in [0, 0.05) is 24.1 Å². The number of nitro benzene ring substituents is 1. The number of nitro groups is 1. The van der Waals surface area contributed by atoms with Gasteiger partial charge in [-0.15, -0.1) is 0 Å². The maximum absolute atomic E-state index is 12.0. The monoisotopic (exact) mass is 303 g/mol. The van der Waals surface area contributed by atoms with Gasteiger partial charge in [0.2, 0.25) is 0 Å². The van der Waals surface area contributed by atoms with Gasteiger partial charge in [-0.25, -0.2) is 0 Å². The highest BCUT2D eigenvalue weighted by Gasteiger charge is 2.11. The normalized spacial score (nSPS) is 15.6. The van der Waals surface area contributed by atoms with Crippen LogP contribution in [-0.2, 0) is 0 Å². The number of rotatable bonds is 8. The molecule has 5 heteroatoms. The second kappa shape index (κ2) is 8.63. The van der Waals surface area contributed by atoms with E-state index in [9.17, 15) is 14.9 Å². The van der Waals surface area contributed by atoms with Crippen LogP contribution in [0.3, 0.4) is 0 Å². The molecule has 0 aromatic heterocycles. The van der Waals surface area contributed by atoms with Crippen molar-refractivity contribution >= 4 is 11.5 Å². The molecule has 1 aliphatic heterocycles. The Kier molecular flexibility index (Phi) is 6.52. The Labute approximate surface area is 131 Å². The molecule has 1 saturated heterocycles. The lowest BCUT2D eigenvalue weighted by molar-refractivity contribution is -0.384. The summed E-state index contributed by atoms with van der Waals surface area (Å²) < 4.78 is 0. The van der Waals surface area contributed by atoms with Gasteiger partial charge in [0.05, 0.1) is 4.92 Å². The van der Waals surface area contributed by atoms with Crippen molar-refractivity contribution in [3.63, 3.8) is 0 Å². The summed E-state index contributed by atoms with van der Waals surface area (Å²) in [7, 11) is 0. The van der Waals surface area contributed by atoms with Gasteiger partial charge < -0.3 is 4.90 Å². The number of nitrogens with zero attached hydrogens (tertiary/aromatic N) is 2. The number of carbonyl (C=O) groups excluding carboxylic acids is 1. The van der Waals surface area contributed by atoms with E-state index < -0.39 is 4.92 Å². The fraction of sp³-hybridized carbons (Fsp3) is 0.529. The molecule has 1 radical (unpaired) electrons. The molecule has 5 nitrogen and oxygen atoms in total. The molecule has 0 unspecified atom stereocenters. The molecule has 2 rings (SSSR count). The summed E-state index contributed by atoms with van der Waals surface area (Å²) in [6, 6.07) is 5.87. The van der Waals surface area contributed by atoms with Gasteiger partial charge in [0.15, 0.2) is 5.78 Å². The van der Waals surface area contributed by atoms with Crippen LogP contribution in [0.15, 0.2) is 24.3 Å². The van der Waals surface area contributed by atoms with Crippen molar-refractivity contribution in [1.82, 2.24) is 4.90 Å². The second-order valence-corrected chi connectivity index (χ2v) is 5.75. The van der Waals surface area contributed by atoms with E-state index in [1.54, 1.807) is 12.1 Å². The van der Waals surface area contributed by atoms with Crippen molar-refractivity contribution < 1.29 is 9.72 Å². The zero-order valence-corrected chi connectivity index (χ0v) is 12.9. The van der Waals surface area contributed by atoms with Crippen LogP contribution in [0.2, 0.25) is 0 Å². The highest BCUT2D eigenvalue weighted by Crippen LogP contribution is 2.15. The van der Waals surface area contributed by atoms with Crippen molar-refractivity contribution in [1.29, 1.82) is 0 Å². The van der Waals surface area contributed by atoms with Gasteiger partial charge in [0.25, 0.3) is 5.69 Å². The summed E-state index contributed by atoms with van der Waals surface area (Å²) in [6.45, 7) is 3.46. The van der Waals surface area contributed by atoms with E-state index in [2.05, 4.69) is 11.3 Å². The van der Waals surface area contributed by atoms with Crippen LogP contribution < -0.4 is 0 Å². The number of benzene rings is 1. The Bertz CT molecular complexity index is 493. The van der Waals surface area contributed by atoms with Gasteiger partial charge in [-0.1, -0.05) is 6.42 Å². The lowest BCUT2D eigenvalue weighted by atomic mass is 10.0. The van der Waals surface area contributed by atoms with E-state index in [0.717, 1.165) is 25.8 Å². The smallest absolute Gasteiger partial charge is 0.269 e. The summed E-state index contributed by atoms with van der Waals surface area (Å²) in [6.07, 6.45) is 8.32. The van der Waals surface area contributed by atoms with Crippen LogP contribution in [0.5, 0.6) is 0 Å². The van der Waals surface area contributed by atoms with E-state index >= 15 is 0 Å². The Hall–Kier alpha value is -1.75. The van der Waals surface area contributed by atoms with Crippen molar-refractivity contribution in [2.24, 2.45) is 0 Å². The van der Waals surface area contributed by atoms with Crippen molar-refractivity contribution in [2.75, 3.05) is 19.6 Å². The average molecular weight is 303 g/mol. The number of Topliss-reactive ketones (excluding diaryl/α,β-unsaturated/α-hetero) is 1. The predicted molar refractivity (Wildman–Crippen MR) is 85.9 cm³/mol. The maximum atomic E-state index is 12.0. The van der Waals surface area contributed by atoms with Crippen LogP contribution in [-0.4, -0.2) is 35.2 Å². The van der Waals surface area contributed by atoms with E-state index in [1.807, 2.05) is 0 Å². The van der Waals surface area contributed by atoms with Crippen molar-refractivity contribution in [3.05, 3.63) is 46.4 Å². The first-order chi connectivity index (χ1) is 10.7. The molecular formula is C17H23N2O3. The molecule has 1 heterocycles. The van der Waals surface area contributed by atoms with Gasteiger partial charge >= 0.3 is 0 Å². The molecule has 1 aromatic carbocycles. The molecule has 0 N–H and O–H groups in total. The molecule has 0 atom stereocenters. The number of hydrogen-bond acceptors (Lipinski definition) is 4. The highest BCUT2D eigenvalue weighted by molar-refractivity contribution is 5.96. The zero-order chi connectivity index (χ0) is 15.8. The van der Waals surface area contributed by atoms with E-state index in [4.69, 9.17) is 0 Å². The van der Waals surface area contributed by atoms with Gasteiger partial charge in [0.1, 0.15) is 0 Å².